The van der Waals surface area contributed by atoms with Crippen LogP contribution in [0.2, 0.25) is 0 Å². The molecule has 1 saturated carbocycles. The van der Waals surface area contributed by atoms with Crippen molar-refractivity contribution in [1.29, 1.82) is 0 Å². The van der Waals surface area contributed by atoms with Gasteiger partial charge in [-0.25, -0.2) is 0 Å². The smallest absolute Gasteiger partial charge is 0.0120 e. The topological polar surface area (TPSA) is 18.5 Å². The van der Waals surface area contributed by atoms with Crippen LogP contribution in [0.5, 0.6) is 0 Å². The number of hydrogen-bond acceptors (Lipinski definition) is 3. The molecule has 1 N–H and O–H groups in total. The summed E-state index contributed by atoms with van der Waals surface area (Å²) in [4.78, 5) is 5.50. The van der Waals surface area contributed by atoms with Crippen molar-refractivity contribution >= 4 is 0 Å². The molecular weight excluding hydrogens is 258 g/mol. The van der Waals surface area contributed by atoms with E-state index < -0.39 is 0 Å². The van der Waals surface area contributed by atoms with E-state index in [9.17, 15) is 0 Å². The van der Waals surface area contributed by atoms with Crippen molar-refractivity contribution in [3.63, 3.8) is 0 Å². The van der Waals surface area contributed by atoms with Crippen LogP contribution in [0.3, 0.4) is 0 Å². The van der Waals surface area contributed by atoms with Gasteiger partial charge in [-0.15, -0.1) is 0 Å². The van der Waals surface area contributed by atoms with Crippen LogP contribution in [0, 0.1) is 5.41 Å². The Bertz CT molecular complexity index is 310. The monoisotopic (exact) mass is 293 g/mol. The van der Waals surface area contributed by atoms with E-state index in [1.54, 1.807) is 0 Å². The third kappa shape index (κ3) is 4.94. The van der Waals surface area contributed by atoms with E-state index in [0.717, 1.165) is 12.1 Å². The Labute approximate surface area is 131 Å². The van der Waals surface area contributed by atoms with E-state index in [0.29, 0.717) is 5.41 Å². The fraction of sp³-hybridized carbons (Fsp3) is 1.00. The SMILES string of the molecule is CC(C)(CNC1CC1)CN1CCC(N2CCCCC2)CC1. The average molecular weight is 293 g/mol. The second-order valence-electron chi connectivity index (χ2n) is 8.42. The summed E-state index contributed by atoms with van der Waals surface area (Å²) in [5.41, 5.74) is 0.417. The maximum atomic E-state index is 3.71. The zero-order valence-electron chi connectivity index (χ0n) is 14.2. The molecule has 0 radical (unpaired) electrons. The van der Waals surface area contributed by atoms with Gasteiger partial charge < -0.3 is 15.1 Å². The lowest BCUT2D eigenvalue weighted by molar-refractivity contribution is 0.0738. The Morgan fingerprint density at radius 1 is 0.905 bits per heavy atom. The van der Waals surface area contributed by atoms with E-state index in [4.69, 9.17) is 0 Å². The van der Waals surface area contributed by atoms with Crippen LogP contribution in [-0.4, -0.2) is 61.2 Å². The van der Waals surface area contributed by atoms with Crippen LogP contribution in [0.15, 0.2) is 0 Å². The molecule has 2 aliphatic heterocycles. The lowest BCUT2D eigenvalue weighted by atomic mass is 9.91. The Balaban J connectivity index is 1.38. The second kappa shape index (κ2) is 6.97. The quantitative estimate of drug-likeness (QED) is 0.812. The lowest BCUT2D eigenvalue weighted by Crippen LogP contribution is -2.49. The molecule has 0 spiro atoms. The molecular formula is C18H35N3. The standard InChI is InChI=1S/C18H35N3/c1-18(2,14-19-16-6-7-16)15-20-12-8-17(9-13-20)21-10-4-3-5-11-21/h16-17,19H,3-15H2,1-2H3. The minimum atomic E-state index is 0.417. The fourth-order valence-electron chi connectivity index (χ4n) is 4.10. The van der Waals surface area contributed by atoms with Crippen molar-refractivity contribution in [2.75, 3.05) is 39.3 Å². The first-order chi connectivity index (χ1) is 10.1. The Morgan fingerprint density at radius 3 is 2.19 bits per heavy atom. The molecule has 2 heterocycles. The molecule has 0 atom stereocenters. The van der Waals surface area contributed by atoms with Gasteiger partial charge in [0, 0.05) is 25.2 Å². The summed E-state index contributed by atoms with van der Waals surface area (Å²) in [7, 11) is 0. The van der Waals surface area contributed by atoms with Crippen LogP contribution in [-0.2, 0) is 0 Å². The molecule has 122 valence electrons. The first-order valence-corrected chi connectivity index (χ1v) is 9.32. The molecule has 0 amide bonds. The maximum absolute atomic E-state index is 3.71. The van der Waals surface area contributed by atoms with E-state index >= 15 is 0 Å². The van der Waals surface area contributed by atoms with Crippen LogP contribution in [0.25, 0.3) is 0 Å². The van der Waals surface area contributed by atoms with Crippen molar-refractivity contribution in [1.82, 2.24) is 15.1 Å². The van der Waals surface area contributed by atoms with E-state index in [2.05, 4.69) is 29.0 Å². The van der Waals surface area contributed by atoms with Crippen molar-refractivity contribution < 1.29 is 0 Å². The maximum Gasteiger partial charge on any atom is 0.0120 e. The molecule has 3 fully saturated rings. The summed E-state index contributed by atoms with van der Waals surface area (Å²) in [5, 5.41) is 3.71. The third-order valence-corrected chi connectivity index (χ3v) is 5.56. The Morgan fingerprint density at radius 2 is 1.57 bits per heavy atom. The minimum absolute atomic E-state index is 0.417. The highest BCUT2D eigenvalue weighted by Crippen LogP contribution is 2.25. The van der Waals surface area contributed by atoms with Gasteiger partial charge in [0.1, 0.15) is 0 Å². The third-order valence-electron chi connectivity index (χ3n) is 5.56. The highest BCUT2D eigenvalue weighted by molar-refractivity contribution is 4.87. The van der Waals surface area contributed by atoms with Crippen LogP contribution in [0.1, 0.15) is 58.8 Å². The number of nitrogens with zero attached hydrogens (tertiary/aromatic N) is 2. The number of rotatable bonds is 6. The summed E-state index contributed by atoms with van der Waals surface area (Å²) in [6.45, 7) is 12.7. The normalized spacial score (nSPS) is 27.1. The Kier molecular flexibility index (Phi) is 5.23. The van der Waals surface area contributed by atoms with Crippen LogP contribution >= 0.6 is 0 Å². The van der Waals surface area contributed by atoms with E-state index in [1.165, 1.54) is 84.2 Å². The first-order valence-electron chi connectivity index (χ1n) is 9.32. The molecule has 0 aromatic heterocycles. The first kappa shape index (κ1) is 15.8. The highest BCUT2D eigenvalue weighted by atomic mass is 15.2. The lowest BCUT2D eigenvalue weighted by Gasteiger charge is -2.42. The molecule has 0 unspecified atom stereocenters. The van der Waals surface area contributed by atoms with Gasteiger partial charge in [0.2, 0.25) is 0 Å². The van der Waals surface area contributed by atoms with Crippen LogP contribution in [0.4, 0.5) is 0 Å². The van der Waals surface area contributed by atoms with Gasteiger partial charge in [0.25, 0.3) is 0 Å². The number of likely N-dealkylation sites (tertiary alicyclic amines) is 2. The number of hydrogen-bond donors (Lipinski definition) is 1. The predicted octanol–water partition coefficient (Wildman–Crippen LogP) is 2.71. The molecule has 0 aromatic carbocycles. The highest BCUT2D eigenvalue weighted by Gasteiger charge is 2.30. The summed E-state index contributed by atoms with van der Waals surface area (Å²) in [6, 6.07) is 1.73. The zero-order chi connectivity index (χ0) is 14.7. The van der Waals surface area contributed by atoms with Gasteiger partial charge in [-0.2, -0.15) is 0 Å². The van der Waals surface area contributed by atoms with Crippen molar-refractivity contribution in [2.24, 2.45) is 5.41 Å². The predicted molar refractivity (Wildman–Crippen MR) is 89.7 cm³/mol. The molecule has 3 nitrogen and oxygen atoms in total. The van der Waals surface area contributed by atoms with Crippen molar-refractivity contribution in [3.05, 3.63) is 0 Å². The minimum Gasteiger partial charge on any atom is -0.313 e. The largest absolute Gasteiger partial charge is 0.313 e. The molecule has 0 aromatic rings. The van der Waals surface area contributed by atoms with Crippen molar-refractivity contribution in [3.8, 4) is 0 Å². The second-order valence-corrected chi connectivity index (χ2v) is 8.42. The van der Waals surface area contributed by atoms with Gasteiger partial charge in [-0.05, 0) is 70.1 Å². The van der Waals surface area contributed by atoms with Gasteiger partial charge in [0.05, 0.1) is 0 Å². The summed E-state index contributed by atoms with van der Waals surface area (Å²) >= 11 is 0. The summed E-state index contributed by atoms with van der Waals surface area (Å²) in [6.07, 6.45) is 9.91. The van der Waals surface area contributed by atoms with Crippen molar-refractivity contribution in [2.45, 2.75) is 70.9 Å². The molecule has 21 heavy (non-hydrogen) atoms. The van der Waals surface area contributed by atoms with Gasteiger partial charge in [0.15, 0.2) is 0 Å². The number of piperidine rings is 2. The molecule has 2 saturated heterocycles. The summed E-state index contributed by atoms with van der Waals surface area (Å²) < 4.78 is 0. The molecule has 3 aliphatic rings. The van der Waals surface area contributed by atoms with Gasteiger partial charge >= 0.3 is 0 Å². The molecule has 3 rings (SSSR count). The molecule has 0 bridgehead atoms. The van der Waals surface area contributed by atoms with E-state index in [-0.39, 0.29) is 0 Å². The Hall–Kier alpha value is -0.120. The van der Waals surface area contributed by atoms with E-state index in [1.807, 2.05) is 0 Å². The van der Waals surface area contributed by atoms with Gasteiger partial charge in [-0.3, -0.25) is 0 Å². The van der Waals surface area contributed by atoms with Crippen LogP contribution < -0.4 is 5.32 Å². The fourth-order valence-corrected chi connectivity index (χ4v) is 4.10. The zero-order valence-corrected chi connectivity index (χ0v) is 14.2. The molecule has 1 aliphatic carbocycles. The average Bonchev–Trinajstić information content (AvgIpc) is 3.31. The van der Waals surface area contributed by atoms with Gasteiger partial charge in [-0.1, -0.05) is 20.3 Å². The molecule has 3 heteroatoms. The number of nitrogens with one attached hydrogen (secondary N) is 1. The summed E-state index contributed by atoms with van der Waals surface area (Å²) in [5.74, 6) is 0.